The van der Waals surface area contributed by atoms with Gasteiger partial charge in [-0.25, -0.2) is 13.8 Å². The number of carbonyl (C=O) groups is 1. The van der Waals surface area contributed by atoms with E-state index in [-0.39, 0.29) is 43.5 Å². The molecule has 2 fully saturated rings. The number of amides is 1. The van der Waals surface area contributed by atoms with E-state index in [9.17, 15) is 19.7 Å². The number of carbonyl (C=O) groups excluding carboxylic acids is 1. The summed E-state index contributed by atoms with van der Waals surface area (Å²) >= 11 is 1.78. The lowest BCUT2D eigenvalue weighted by Crippen LogP contribution is -2.55. The summed E-state index contributed by atoms with van der Waals surface area (Å²) in [6, 6.07) is 13.0. The van der Waals surface area contributed by atoms with Crippen LogP contribution in [0.15, 0.2) is 47.6 Å². The number of halogens is 2. The number of fused-ring (bicyclic) bond motifs is 2. The lowest BCUT2D eigenvalue weighted by atomic mass is 9.94. The van der Waals surface area contributed by atoms with Crippen LogP contribution in [0.3, 0.4) is 0 Å². The molecule has 3 aliphatic rings. The maximum atomic E-state index is 16.2. The number of nitrogens with zero attached hydrogens (tertiary/aromatic N) is 6. The highest BCUT2D eigenvalue weighted by Crippen LogP contribution is 2.42. The van der Waals surface area contributed by atoms with Crippen LogP contribution >= 0.6 is 11.8 Å². The monoisotopic (exact) mass is 628 g/mol. The lowest BCUT2D eigenvalue weighted by molar-refractivity contribution is -0.131. The summed E-state index contributed by atoms with van der Waals surface area (Å²) in [5, 5.41) is 20.4. The number of pyridine rings is 1. The molecule has 11 heteroatoms. The number of hydrogen-bond acceptors (Lipinski definition) is 8. The number of likely N-dealkylation sites (tertiary alicyclic amines) is 1. The van der Waals surface area contributed by atoms with Crippen molar-refractivity contribution in [1.82, 2.24) is 14.8 Å². The first-order valence-corrected chi connectivity index (χ1v) is 16.2. The highest BCUT2D eigenvalue weighted by atomic mass is 32.2. The van der Waals surface area contributed by atoms with E-state index in [0.717, 1.165) is 54.0 Å². The van der Waals surface area contributed by atoms with Gasteiger partial charge in [0.2, 0.25) is 5.88 Å². The zero-order valence-electron chi connectivity index (χ0n) is 25.2. The second-order valence-corrected chi connectivity index (χ2v) is 12.9. The van der Waals surface area contributed by atoms with Crippen LogP contribution < -0.4 is 9.64 Å². The zero-order chi connectivity index (χ0) is 31.7. The third-order valence-corrected chi connectivity index (χ3v) is 10.3. The van der Waals surface area contributed by atoms with E-state index >= 15 is 4.39 Å². The van der Waals surface area contributed by atoms with Crippen molar-refractivity contribution in [2.45, 2.75) is 49.1 Å². The van der Waals surface area contributed by atoms with Gasteiger partial charge in [0.05, 0.1) is 29.7 Å². The molecule has 8 nitrogen and oxygen atoms in total. The molecule has 232 valence electrons. The number of benzene rings is 2. The number of nitriles is 2. The van der Waals surface area contributed by atoms with Crippen LogP contribution in [0.4, 0.5) is 14.5 Å². The molecule has 0 aliphatic carbocycles. The Kier molecular flexibility index (Phi) is 8.93. The molecule has 2 atom stereocenters. The maximum Gasteiger partial charge on any atom is 0.282 e. The van der Waals surface area contributed by atoms with Crippen molar-refractivity contribution >= 4 is 34.3 Å². The van der Waals surface area contributed by atoms with Gasteiger partial charge in [-0.2, -0.15) is 10.5 Å². The number of thioether (sulfide) groups is 1. The van der Waals surface area contributed by atoms with Gasteiger partial charge in [0.15, 0.2) is 5.83 Å². The fourth-order valence-corrected chi connectivity index (χ4v) is 7.82. The molecule has 0 spiro atoms. The van der Waals surface area contributed by atoms with E-state index in [1.54, 1.807) is 17.8 Å². The molecule has 0 unspecified atom stereocenters. The maximum absolute atomic E-state index is 16.2. The standard InChI is InChI=1S/C34H34F2N6O2S/c1-21(35)34(43)42-14-13-41(19-22(42)10-11-37)32-27-16-29(36)26(24-7-3-9-31-25(24)8-5-15-45-31)17-30(27)39-33(28(32)18-38)44-20-23-6-4-12-40(23)2/h3,7,9,16-17,22-23H,1,4-6,8,10,12-15,19-20H2,2H3/t22-,23-/m0/s1. The minimum Gasteiger partial charge on any atom is -0.475 e. The molecule has 1 amide bonds. The number of piperazine rings is 1. The first-order chi connectivity index (χ1) is 21.8. The Balaban J connectivity index is 1.48. The number of hydrogen-bond donors (Lipinski definition) is 0. The summed E-state index contributed by atoms with van der Waals surface area (Å²) in [6.45, 7) is 4.91. The van der Waals surface area contributed by atoms with Gasteiger partial charge in [0.25, 0.3) is 5.91 Å². The van der Waals surface area contributed by atoms with Crippen LogP contribution in [0.2, 0.25) is 0 Å². The predicted octanol–water partition coefficient (Wildman–Crippen LogP) is 5.84. The Morgan fingerprint density at radius 3 is 2.76 bits per heavy atom. The molecule has 2 saturated heterocycles. The van der Waals surface area contributed by atoms with Gasteiger partial charge in [-0.15, -0.1) is 11.8 Å². The molecule has 2 aromatic carbocycles. The fraction of sp³-hybridized carbons (Fsp3) is 0.412. The SMILES string of the molecule is C=C(F)C(=O)N1CCN(c2c(C#N)c(OC[C@@H]3CCCN3C)nc3cc(-c4cccc5c4CCCS5)c(F)cc23)C[C@@H]1CC#N. The molecule has 3 aromatic rings. The van der Waals surface area contributed by atoms with E-state index < -0.39 is 23.6 Å². The van der Waals surface area contributed by atoms with Gasteiger partial charge >= 0.3 is 0 Å². The Morgan fingerprint density at radius 2 is 2.02 bits per heavy atom. The summed E-state index contributed by atoms with van der Waals surface area (Å²) in [5.74, 6) is -1.20. The Bertz CT molecular complexity index is 1750. The minimum absolute atomic E-state index is 0.0482. The quantitative estimate of drug-likeness (QED) is 0.301. The van der Waals surface area contributed by atoms with Crippen molar-refractivity contribution in [2.75, 3.05) is 50.5 Å². The van der Waals surface area contributed by atoms with Gasteiger partial charge < -0.3 is 19.4 Å². The van der Waals surface area contributed by atoms with Crippen molar-refractivity contribution in [2.24, 2.45) is 0 Å². The average Bonchev–Trinajstić information content (AvgIpc) is 3.46. The van der Waals surface area contributed by atoms with E-state index in [2.05, 4.69) is 29.7 Å². The molecule has 4 heterocycles. The largest absolute Gasteiger partial charge is 0.475 e. The van der Waals surface area contributed by atoms with Gasteiger partial charge in [-0.3, -0.25) is 4.79 Å². The second-order valence-electron chi connectivity index (χ2n) is 11.8. The van der Waals surface area contributed by atoms with Crippen LogP contribution in [0.1, 0.15) is 36.8 Å². The minimum atomic E-state index is -1.10. The highest BCUT2D eigenvalue weighted by molar-refractivity contribution is 7.99. The van der Waals surface area contributed by atoms with E-state index in [4.69, 9.17) is 9.72 Å². The van der Waals surface area contributed by atoms with Crippen LogP contribution in [0.5, 0.6) is 5.88 Å². The van der Waals surface area contributed by atoms with Gasteiger partial charge in [0, 0.05) is 41.5 Å². The zero-order valence-corrected chi connectivity index (χ0v) is 26.0. The number of rotatable bonds is 7. The Hall–Kier alpha value is -4.19. The van der Waals surface area contributed by atoms with Crippen molar-refractivity contribution in [3.05, 3.63) is 59.7 Å². The summed E-state index contributed by atoms with van der Waals surface area (Å²) in [6.07, 6.45) is 3.85. The van der Waals surface area contributed by atoms with Crippen LogP contribution in [-0.2, 0) is 11.2 Å². The van der Waals surface area contributed by atoms with Gasteiger partial charge in [0.1, 0.15) is 24.1 Å². The first-order valence-electron chi connectivity index (χ1n) is 15.2. The molecule has 3 aliphatic heterocycles. The van der Waals surface area contributed by atoms with Crippen molar-refractivity contribution in [1.29, 1.82) is 10.5 Å². The number of ether oxygens (including phenoxy) is 1. The summed E-state index contributed by atoms with van der Waals surface area (Å²) < 4.78 is 36.3. The fourth-order valence-electron chi connectivity index (χ4n) is 6.75. The van der Waals surface area contributed by atoms with E-state index in [1.165, 1.54) is 11.0 Å². The molecule has 0 radical (unpaired) electrons. The molecule has 0 N–H and O–H groups in total. The lowest BCUT2D eigenvalue weighted by Gasteiger charge is -2.42. The second kappa shape index (κ2) is 13.0. The van der Waals surface area contributed by atoms with Gasteiger partial charge in [-0.1, -0.05) is 18.7 Å². The number of likely N-dealkylation sites (N-methyl/N-ethyl adjacent to an activating group) is 1. The van der Waals surface area contributed by atoms with Crippen molar-refractivity contribution < 1.29 is 18.3 Å². The van der Waals surface area contributed by atoms with Crippen molar-refractivity contribution in [3.63, 3.8) is 0 Å². The predicted molar refractivity (Wildman–Crippen MR) is 170 cm³/mol. The summed E-state index contributed by atoms with van der Waals surface area (Å²) in [5.41, 5.74) is 3.46. The Morgan fingerprint density at radius 1 is 1.18 bits per heavy atom. The third-order valence-electron chi connectivity index (χ3n) is 9.08. The van der Waals surface area contributed by atoms with E-state index in [1.807, 2.05) is 24.1 Å². The summed E-state index contributed by atoms with van der Waals surface area (Å²) in [7, 11) is 2.04. The van der Waals surface area contributed by atoms with Crippen molar-refractivity contribution in [3.8, 4) is 29.1 Å². The molecule has 6 rings (SSSR count). The Labute approximate surface area is 265 Å². The van der Waals surface area contributed by atoms with Gasteiger partial charge in [-0.05, 0) is 74.4 Å². The number of aromatic nitrogens is 1. The first kappa shape index (κ1) is 30.8. The normalized spacial score (nSPS) is 20.0. The summed E-state index contributed by atoms with van der Waals surface area (Å²) in [4.78, 5) is 23.9. The smallest absolute Gasteiger partial charge is 0.282 e. The highest BCUT2D eigenvalue weighted by Gasteiger charge is 2.35. The molecule has 45 heavy (non-hydrogen) atoms. The van der Waals surface area contributed by atoms with Crippen LogP contribution in [0.25, 0.3) is 22.0 Å². The molecule has 1 aromatic heterocycles. The topological polar surface area (TPSA) is 96.5 Å². The van der Waals surface area contributed by atoms with Crippen LogP contribution in [0, 0.1) is 28.5 Å². The van der Waals surface area contributed by atoms with Crippen LogP contribution in [-0.4, -0.2) is 78.4 Å². The van der Waals surface area contributed by atoms with E-state index in [0.29, 0.717) is 28.8 Å². The number of anilines is 1. The third kappa shape index (κ3) is 5.95. The average molecular weight is 629 g/mol. The molecular weight excluding hydrogens is 594 g/mol. The molecule has 0 bridgehead atoms. The molecule has 0 saturated carbocycles. The molecular formula is C34H34F2N6O2S.